The monoisotopic (exact) mass is 329 g/mol. The van der Waals surface area contributed by atoms with Crippen molar-refractivity contribution in [2.24, 2.45) is 0 Å². The molecule has 24 heavy (non-hydrogen) atoms. The molecule has 0 aromatic carbocycles. The van der Waals surface area contributed by atoms with Crippen molar-refractivity contribution >= 4 is 11.8 Å². The van der Waals surface area contributed by atoms with Gasteiger partial charge in [-0.05, 0) is 31.9 Å². The highest BCUT2D eigenvalue weighted by Crippen LogP contribution is 2.21. The van der Waals surface area contributed by atoms with Crippen LogP contribution in [0.25, 0.3) is 0 Å². The first-order valence-corrected chi connectivity index (χ1v) is 8.14. The van der Waals surface area contributed by atoms with E-state index in [0.717, 1.165) is 12.1 Å². The van der Waals surface area contributed by atoms with E-state index in [9.17, 15) is 9.59 Å². The highest BCUT2D eigenvalue weighted by Gasteiger charge is 2.30. The van der Waals surface area contributed by atoms with Crippen LogP contribution < -0.4 is 4.57 Å². The number of rotatable bonds is 5. The lowest BCUT2D eigenvalue weighted by atomic mass is 10.0. The van der Waals surface area contributed by atoms with Gasteiger partial charge in [-0.2, -0.15) is 4.57 Å². The van der Waals surface area contributed by atoms with Crippen molar-refractivity contribution in [3.63, 3.8) is 0 Å². The van der Waals surface area contributed by atoms with E-state index in [2.05, 4.69) is 18.0 Å². The molecule has 5 heteroatoms. The van der Waals surface area contributed by atoms with Crippen molar-refractivity contribution in [3.8, 4) is 0 Å². The predicted octanol–water partition coefficient (Wildman–Crippen LogP) is 3.02. The molecule has 0 saturated heterocycles. The largest absolute Gasteiger partial charge is 0.465 e. The number of pyridine rings is 1. The van der Waals surface area contributed by atoms with E-state index < -0.39 is 5.97 Å². The number of hydrogen-bond donors (Lipinski definition) is 1. The molecular formula is C19H25N2O3+. The van der Waals surface area contributed by atoms with Gasteiger partial charge in [0.05, 0.1) is 18.4 Å². The number of nitrogens with zero attached hydrogens (tertiary/aromatic N) is 1. The van der Waals surface area contributed by atoms with Gasteiger partial charge in [-0.25, -0.2) is 4.79 Å². The van der Waals surface area contributed by atoms with Crippen molar-refractivity contribution in [2.75, 3.05) is 7.11 Å². The molecule has 128 valence electrons. The Morgan fingerprint density at radius 2 is 1.92 bits per heavy atom. The molecule has 5 nitrogen and oxygen atoms in total. The highest BCUT2D eigenvalue weighted by molar-refractivity contribution is 6.02. The Bertz CT molecular complexity index is 790. The molecule has 2 aromatic heterocycles. The summed E-state index contributed by atoms with van der Waals surface area (Å²) in [4.78, 5) is 28.0. The fraction of sp³-hybridized carbons (Fsp3) is 0.421. The van der Waals surface area contributed by atoms with Crippen LogP contribution in [0.5, 0.6) is 0 Å². The molecule has 0 aliphatic rings. The lowest BCUT2D eigenvalue weighted by Gasteiger charge is -2.10. The summed E-state index contributed by atoms with van der Waals surface area (Å²) in [5.41, 5.74) is 4.39. The quantitative estimate of drug-likeness (QED) is 0.521. The van der Waals surface area contributed by atoms with E-state index in [-0.39, 0.29) is 11.8 Å². The zero-order chi connectivity index (χ0) is 18.0. The van der Waals surface area contributed by atoms with Crippen LogP contribution in [0.1, 0.15) is 63.3 Å². The van der Waals surface area contributed by atoms with Gasteiger partial charge in [0, 0.05) is 31.2 Å². The summed E-state index contributed by atoms with van der Waals surface area (Å²) in [7, 11) is 1.34. The number of ketones is 1. The first-order valence-electron chi connectivity index (χ1n) is 8.14. The predicted molar refractivity (Wildman–Crippen MR) is 91.4 cm³/mol. The van der Waals surface area contributed by atoms with Crippen LogP contribution in [-0.2, 0) is 11.2 Å². The maximum atomic E-state index is 13.0. The summed E-state index contributed by atoms with van der Waals surface area (Å²) >= 11 is 0. The lowest BCUT2D eigenvalue weighted by Crippen LogP contribution is -2.45. The van der Waals surface area contributed by atoms with Crippen LogP contribution in [0.4, 0.5) is 0 Å². The number of H-pyrrole nitrogens is 1. The Morgan fingerprint density at radius 1 is 1.25 bits per heavy atom. The van der Waals surface area contributed by atoms with E-state index in [1.165, 1.54) is 12.7 Å². The van der Waals surface area contributed by atoms with Gasteiger partial charge < -0.3 is 9.72 Å². The molecule has 2 heterocycles. The van der Waals surface area contributed by atoms with Crippen molar-refractivity contribution in [3.05, 3.63) is 52.1 Å². The molecule has 0 aliphatic heterocycles. The number of aromatic nitrogens is 2. The molecule has 0 radical (unpaired) electrons. The summed E-state index contributed by atoms with van der Waals surface area (Å²) in [6.07, 6.45) is 2.93. The van der Waals surface area contributed by atoms with Gasteiger partial charge in [0.1, 0.15) is 0 Å². The Labute approximate surface area is 142 Å². The molecular weight excluding hydrogens is 304 g/mol. The van der Waals surface area contributed by atoms with E-state index in [4.69, 9.17) is 4.74 Å². The highest BCUT2D eigenvalue weighted by atomic mass is 16.5. The van der Waals surface area contributed by atoms with Gasteiger partial charge >= 0.3 is 5.97 Å². The minimum absolute atomic E-state index is 0.0490. The zero-order valence-corrected chi connectivity index (χ0v) is 15.2. The molecule has 1 atom stereocenters. The number of carbonyl (C=O) groups excluding carboxylic acids is 2. The number of methoxy groups -OCH3 is 1. The Kier molecular flexibility index (Phi) is 5.22. The van der Waals surface area contributed by atoms with Crippen LogP contribution in [0, 0.1) is 20.8 Å². The van der Waals surface area contributed by atoms with Gasteiger partial charge in [0.25, 0.3) is 0 Å². The third kappa shape index (κ3) is 3.11. The van der Waals surface area contributed by atoms with Crippen LogP contribution in [-0.4, -0.2) is 23.8 Å². The molecule has 0 amide bonds. The van der Waals surface area contributed by atoms with Crippen LogP contribution >= 0.6 is 0 Å². The Hall–Kier alpha value is -2.43. The third-order valence-corrected chi connectivity index (χ3v) is 4.53. The van der Waals surface area contributed by atoms with E-state index in [1.54, 1.807) is 13.8 Å². The fourth-order valence-electron chi connectivity index (χ4n) is 3.00. The second-order valence-electron chi connectivity index (χ2n) is 6.10. The summed E-state index contributed by atoms with van der Waals surface area (Å²) in [6.45, 7) is 9.49. The Morgan fingerprint density at radius 3 is 2.50 bits per heavy atom. The molecule has 0 aliphatic carbocycles. The maximum Gasteiger partial charge on any atom is 0.339 e. The number of hydrogen-bond acceptors (Lipinski definition) is 3. The van der Waals surface area contributed by atoms with E-state index >= 15 is 0 Å². The van der Waals surface area contributed by atoms with Crippen molar-refractivity contribution in [2.45, 2.75) is 47.1 Å². The molecule has 2 rings (SSSR count). The zero-order valence-electron chi connectivity index (χ0n) is 15.2. The number of aromatic amines is 1. The smallest absolute Gasteiger partial charge is 0.339 e. The first kappa shape index (κ1) is 17.9. The number of esters is 1. The molecule has 0 unspecified atom stereocenters. The van der Waals surface area contributed by atoms with E-state index in [0.29, 0.717) is 22.5 Å². The SMILES string of the molecule is CCc1ccc(C)[n+]([C@@H](C)C(=O)c2[nH]c(C)c(C(=O)OC)c2C)c1. The number of carbonyl (C=O) groups is 2. The number of Topliss-reactive ketones (excluding diaryl/α,β-unsaturated/α-hetero) is 1. The van der Waals surface area contributed by atoms with Crippen LogP contribution in [0.2, 0.25) is 0 Å². The molecule has 0 fully saturated rings. The molecule has 0 saturated carbocycles. The summed E-state index contributed by atoms with van der Waals surface area (Å²) in [5, 5.41) is 0. The van der Waals surface area contributed by atoms with Crippen molar-refractivity contribution in [1.29, 1.82) is 0 Å². The topological polar surface area (TPSA) is 63.0 Å². The van der Waals surface area contributed by atoms with E-state index in [1.807, 2.05) is 30.7 Å². The molecule has 2 aromatic rings. The van der Waals surface area contributed by atoms with Gasteiger partial charge in [-0.1, -0.05) is 6.92 Å². The minimum atomic E-state index is -0.426. The second-order valence-corrected chi connectivity index (χ2v) is 6.10. The molecule has 0 spiro atoms. The van der Waals surface area contributed by atoms with Gasteiger partial charge in [0.15, 0.2) is 11.9 Å². The lowest BCUT2D eigenvalue weighted by molar-refractivity contribution is -0.710. The number of aryl methyl sites for hydroxylation is 3. The van der Waals surface area contributed by atoms with Crippen LogP contribution in [0.15, 0.2) is 18.3 Å². The second kappa shape index (κ2) is 6.99. The standard InChI is InChI=1S/C19H24N2O3/c1-7-15-9-8-11(2)21(10-15)14(5)18(22)17-12(3)16(13(4)20-17)19(23)24-6/h8-10,14H,7H2,1-6H3/p+1/t14-/m0/s1. The van der Waals surface area contributed by atoms with Gasteiger partial charge in [-0.3, -0.25) is 4.79 Å². The van der Waals surface area contributed by atoms with Crippen molar-refractivity contribution < 1.29 is 18.9 Å². The van der Waals surface area contributed by atoms with Gasteiger partial charge in [-0.15, -0.1) is 0 Å². The molecule has 0 bridgehead atoms. The average molecular weight is 329 g/mol. The average Bonchev–Trinajstić information content (AvgIpc) is 2.87. The Balaban J connectivity index is 2.44. The minimum Gasteiger partial charge on any atom is -0.465 e. The number of nitrogens with one attached hydrogen (secondary N) is 1. The van der Waals surface area contributed by atoms with Crippen molar-refractivity contribution in [1.82, 2.24) is 4.98 Å². The first-order chi connectivity index (χ1) is 11.3. The van der Waals surface area contributed by atoms with Gasteiger partial charge in [0.2, 0.25) is 11.8 Å². The maximum absolute atomic E-state index is 13.0. The normalized spacial score (nSPS) is 12.1. The summed E-state index contributed by atoms with van der Waals surface area (Å²) < 4.78 is 6.79. The summed E-state index contributed by atoms with van der Waals surface area (Å²) in [5.74, 6) is -0.475. The number of ether oxygens (including phenoxy) is 1. The third-order valence-electron chi connectivity index (χ3n) is 4.53. The fourth-order valence-corrected chi connectivity index (χ4v) is 3.00. The summed E-state index contributed by atoms with van der Waals surface area (Å²) in [6, 6.07) is 3.73. The van der Waals surface area contributed by atoms with Crippen LogP contribution in [0.3, 0.4) is 0 Å². The molecule has 1 N–H and O–H groups in total.